The van der Waals surface area contributed by atoms with Crippen molar-refractivity contribution in [3.8, 4) is 11.4 Å². The van der Waals surface area contributed by atoms with Crippen LogP contribution in [-0.4, -0.2) is 45.5 Å². The molecule has 2 aromatic carbocycles. The van der Waals surface area contributed by atoms with Crippen molar-refractivity contribution in [2.45, 2.75) is 69.2 Å². The van der Waals surface area contributed by atoms with E-state index in [1.54, 1.807) is 12.1 Å². The maximum atomic E-state index is 13.1. The molecule has 202 valence electrons. The first-order valence-electron chi connectivity index (χ1n) is 12.9. The molecule has 1 saturated carbocycles. The van der Waals surface area contributed by atoms with Crippen molar-refractivity contribution in [1.29, 1.82) is 0 Å². The lowest BCUT2D eigenvalue weighted by atomic mass is 9.67. The van der Waals surface area contributed by atoms with E-state index >= 15 is 0 Å². The summed E-state index contributed by atoms with van der Waals surface area (Å²) in [5.41, 5.74) is 2.05. The number of hydrogen-bond acceptors (Lipinski definition) is 6. The normalized spacial score (nSPS) is 18.2. The lowest BCUT2D eigenvalue weighted by Crippen LogP contribution is -2.52. The Bertz CT molecular complexity index is 1230. The summed E-state index contributed by atoms with van der Waals surface area (Å²) in [5, 5.41) is 12.8. The molecule has 0 amide bonds. The van der Waals surface area contributed by atoms with Crippen LogP contribution >= 0.6 is 0 Å². The van der Waals surface area contributed by atoms with Crippen LogP contribution in [-0.2, 0) is 29.3 Å². The number of benzene rings is 2. The van der Waals surface area contributed by atoms with Gasteiger partial charge in [-0.2, -0.15) is 18.2 Å². The molecule has 2 aliphatic rings. The van der Waals surface area contributed by atoms with Crippen molar-refractivity contribution in [3.63, 3.8) is 0 Å². The fraction of sp³-hybridized carbons (Fsp3) is 0.464. The molecule has 1 aliphatic carbocycles. The van der Waals surface area contributed by atoms with E-state index in [0.29, 0.717) is 37.8 Å². The lowest BCUT2D eigenvalue weighted by Gasteiger charge is -2.38. The van der Waals surface area contributed by atoms with Crippen LogP contribution in [0.1, 0.15) is 61.1 Å². The Kier molecular flexibility index (Phi) is 7.43. The molecular weight excluding hydrogens is 499 g/mol. The molecule has 0 spiro atoms. The quantitative estimate of drug-likeness (QED) is 0.335. The third kappa shape index (κ3) is 6.01. The topological polar surface area (TPSA) is 88.7 Å². The summed E-state index contributed by atoms with van der Waals surface area (Å²) in [7, 11) is 0. The van der Waals surface area contributed by atoms with Crippen molar-refractivity contribution in [2.24, 2.45) is 0 Å². The molecular formula is C28H30F3N3O4. The number of alkyl halides is 3. The zero-order chi connectivity index (χ0) is 26.8. The number of ether oxygens (including phenoxy) is 1. The number of halogens is 3. The van der Waals surface area contributed by atoms with Gasteiger partial charge >= 0.3 is 12.3 Å². The number of aromatic nitrogens is 2. The summed E-state index contributed by atoms with van der Waals surface area (Å²) < 4.78 is 49.5. The Morgan fingerprint density at radius 3 is 2.37 bits per heavy atom. The van der Waals surface area contributed by atoms with Gasteiger partial charge in [0.05, 0.1) is 5.56 Å². The number of rotatable bonds is 8. The molecule has 0 bridgehead atoms. The highest BCUT2D eigenvalue weighted by Gasteiger charge is 2.36. The fourth-order valence-corrected chi connectivity index (χ4v) is 5.63. The van der Waals surface area contributed by atoms with Crippen LogP contribution in [0.3, 0.4) is 0 Å². The molecule has 1 aliphatic heterocycles. The second-order valence-corrected chi connectivity index (χ2v) is 10.3. The Balaban J connectivity index is 1.20. The van der Waals surface area contributed by atoms with Crippen LogP contribution in [0, 0.1) is 0 Å². The van der Waals surface area contributed by atoms with Gasteiger partial charge in [-0.1, -0.05) is 60.8 Å². The van der Waals surface area contributed by atoms with Gasteiger partial charge in [0.25, 0.3) is 0 Å². The molecule has 5 rings (SSSR count). The van der Waals surface area contributed by atoms with Gasteiger partial charge in [0, 0.05) is 31.6 Å². The summed E-state index contributed by atoms with van der Waals surface area (Å²) in [6.07, 6.45) is 0.538. The molecule has 0 atom stereocenters. The Hall–Kier alpha value is -3.40. The van der Waals surface area contributed by atoms with E-state index in [0.717, 1.165) is 55.2 Å². The van der Waals surface area contributed by atoms with E-state index in [1.165, 1.54) is 12.1 Å². The smallest absolute Gasteiger partial charge is 0.450 e. The van der Waals surface area contributed by atoms with E-state index in [2.05, 4.69) is 15.0 Å². The Labute approximate surface area is 218 Å². The zero-order valence-electron chi connectivity index (χ0n) is 20.9. The first-order chi connectivity index (χ1) is 18.2. The highest BCUT2D eigenvalue weighted by Crippen LogP contribution is 2.43. The minimum absolute atomic E-state index is 0.190. The van der Waals surface area contributed by atoms with E-state index < -0.39 is 17.9 Å². The second-order valence-electron chi connectivity index (χ2n) is 10.3. The van der Waals surface area contributed by atoms with Gasteiger partial charge in [-0.15, -0.1) is 0 Å². The van der Waals surface area contributed by atoms with Crippen LogP contribution in [0.4, 0.5) is 18.0 Å². The molecule has 7 nitrogen and oxygen atoms in total. The molecule has 1 saturated heterocycles. The second kappa shape index (κ2) is 10.8. The van der Waals surface area contributed by atoms with Gasteiger partial charge in [-0.05, 0) is 47.9 Å². The molecule has 10 heteroatoms. The number of carboxylic acid groups (broad SMARTS) is 1. The third-order valence-corrected chi connectivity index (χ3v) is 7.73. The monoisotopic (exact) mass is 529 g/mol. The summed E-state index contributed by atoms with van der Waals surface area (Å²) in [4.78, 5) is 17.3. The van der Waals surface area contributed by atoms with Crippen molar-refractivity contribution < 1.29 is 32.3 Å². The Morgan fingerprint density at radius 2 is 1.74 bits per heavy atom. The molecule has 3 aromatic rings. The molecule has 0 unspecified atom stereocenters. The predicted molar refractivity (Wildman–Crippen MR) is 132 cm³/mol. The van der Waals surface area contributed by atoms with Crippen LogP contribution < -0.4 is 0 Å². The summed E-state index contributed by atoms with van der Waals surface area (Å²) in [6, 6.07) is 13.5. The fourth-order valence-electron chi connectivity index (χ4n) is 5.63. The van der Waals surface area contributed by atoms with Gasteiger partial charge in [0.2, 0.25) is 11.7 Å². The largest absolute Gasteiger partial charge is 0.506 e. The highest BCUT2D eigenvalue weighted by molar-refractivity contribution is 5.57. The van der Waals surface area contributed by atoms with E-state index in [9.17, 15) is 18.0 Å². The zero-order valence-corrected chi connectivity index (χ0v) is 20.9. The average molecular weight is 530 g/mol. The van der Waals surface area contributed by atoms with Crippen molar-refractivity contribution in [2.75, 3.05) is 13.1 Å². The maximum Gasteiger partial charge on any atom is 0.506 e. The number of nitrogens with zero attached hydrogens (tertiary/aromatic N) is 3. The number of aryl methyl sites for hydroxylation is 1. The average Bonchev–Trinajstić information content (AvgIpc) is 3.36. The lowest BCUT2D eigenvalue weighted by molar-refractivity contribution is -0.137. The summed E-state index contributed by atoms with van der Waals surface area (Å²) in [5.74, 6) is 1.02. The van der Waals surface area contributed by atoms with E-state index in [-0.39, 0.29) is 11.5 Å². The van der Waals surface area contributed by atoms with E-state index in [4.69, 9.17) is 14.4 Å². The van der Waals surface area contributed by atoms with Gasteiger partial charge in [0.1, 0.15) is 6.10 Å². The molecule has 38 heavy (non-hydrogen) atoms. The Morgan fingerprint density at radius 1 is 1.05 bits per heavy atom. The van der Waals surface area contributed by atoms with Crippen molar-refractivity contribution in [1.82, 2.24) is 15.0 Å². The number of likely N-dealkylation sites (tertiary alicyclic amines) is 1. The van der Waals surface area contributed by atoms with Gasteiger partial charge in [-0.3, -0.25) is 4.90 Å². The van der Waals surface area contributed by atoms with Crippen LogP contribution in [0.2, 0.25) is 0 Å². The number of carbonyl (C=O) groups is 1. The minimum atomic E-state index is -4.34. The molecule has 2 fully saturated rings. The van der Waals surface area contributed by atoms with Gasteiger partial charge < -0.3 is 14.4 Å². The first-order valence-corrected chi connectivity index (χ1v) is 12.9. The van der Waals surface area contributed by atoms with Gasteiger partial charge in [-0.25, -0.2) is 4.79 Å². The van der Waals surface area contributed by atoms with Crippen molar-refractivity contribution in [3.05, 3.63) is 71.1 Å². The standard InChI is InChI=1S/C28H30F3N3O4/c29-28(30,31)22-10-8-21(9-11-22)27(13-2-1-3-14-27)15-12-24-32-25(33-38-24)20-6-4-19(5-7-20)16-34-17-23(18-34)37-26(35)36/h4-11,23H,1-3,12-18H2,(H,35,36). The molecule has 0 radical (unpaired) electrons. The van der Waals surface area contributed by atoms with Crippen LogP contribution in [0.25, 0.3) is 11.4 Å². The molecule has 2 heterocycles. The minimum Gasteiger partial charge on any atom is -0.450 e. The summed E-state index contributed by atoms with van der Waals surface area (Å²) >= 11 is 0. The predicted octanol–water partition coefficient (Wildman–Crippen LogP) is 6.47. The molecule has 1 aromatic heterocycles. The number of hydrogen-bond donors (Lipinski definition) is 1. The van der Waals surface area contributed by atoms with Crippen LogP contribution in [0.5, 0.6) is 0 Å². The van der Waals surface area contributed by atoms with Crippen LogP contribution in [0.15, 0.2) is 53.1 Å². The first kappa shape index (κ1) is 26.2. The maximum absolute atomic E-state index is 13.1. The van der Waals surface area contributed by atoms with E-state index in [1.807, 2.05) is 24.3 Å². The highest BCUT2D eigenvalue weighted by atomic mass is 19.4. The SMILES string of the molecule is O=C(O)OC1CN(Cc2ccc(-c3noc(CCC4(c5ccc(C(F)(F)F)cc5)CCCCC4)n3)cc2)C1. The molecule has 1 N–H and O–H groups in total. The third-order valence-electron chi connectivity index (χ3n) is 7.73. The summed E-state index contributed by atoms with van der Waals surface area (Å²) in [6.45, 7) is 1.86. The van der Waals surface area contributed by atoms with Crippen molar-refractivity contribution >= 4 is 6.16 Å². The van der Waals surface area contributed by atoms with Gasteiger partial charge in [0.15, 0.2) is 0 Å².